The molecule has 4 heterocycles. The first-order valence-electron chi connectivity index (χ1n) is 14.9. The van der Waals surface area contributed by atoms with Gasteiger partial charge in [-0.15, -0.1) is 6.58 Å². The summed E-state index contributed by atoms with van der Waals surface area (Å²) in [7, 11) is 0. The number of likely N-dealkylation sites (tertiary alicyclic amines) is 1. The van der Waals surface area contributed by atoms with Crippen LogP contribution in [0.1, 0.15) is 44.7 Å². The second-order valence-electron chi connectivity index (χ2n) is 11.5. The van der Waals surface area contributed by atoms with Gasteiger partial charge in [-0.1, -0.05) is 43.3 Å². The van der Waals surface area contributed by atoms with Gasteiger partial charge in [-0.25, -0.2) is 0 Å². The average molecular weight is 570 g/mol. The second kappa shape index (κ2) is 12.2. The number of amides is 2. The Kier molecular flexibility index (Phi) is 8.84. The van der Waals surface area contributed by atoms with Crippen LogP contribution in [0.5, 0.6) is 0 Å². The summed E-state index contributed by atoms with van der Waals surface area (Å²) in [6.45, 7) is 11.7. The van der Waals surface area contributed by atoms with E-state index in [0.29, 0.717) is 57.7 Å². The molecule has 0 aliphatic carbocycles. The van der Waals surface area contributed by atoms with E-state index < -0.39 is 41.1 Å². The fraction of sp³-hybridized carbons (Fsp3) is 0.645. The number of carbonyl (C=O) groups excluding carboxylic acids is 3. The minimum absolute atomic E-state index is 0.188. The number of morpholine rings is 1. The van der Waals surface area contributed by atoms with Gasteiger partial charge >= 0.3 is 5.97 Å². The van der Waals surface area contributed by atoms with Crippen molar-refractivity contribution in [3.05, 3.63) is 48.6 Å². The van der Waals surface area contributed by atoms with Crippen molar-refractivity contribution in [2.75, 3.05) is 59.2 Å². The number of hydrogen-bond donors (Lipinski definition) is 1. The Bertz CT molecular complexity index is 1130. The quantitative estimate of drug-likeness (QED) is 0.300. The van der Waals surface area contributed by atoms with Crippen LogP contribution in [0.4, 0.5) is 0 Å². The molecule has 4 aliphatic rings. The Balaban J connectivity index is 1.56. The Hall–Kier alpha value is -2.79. The molecule has 1 aromatic rings. The predicted molar refractivity (Wildman–Crippen MR) is 151 cm³/mol. The van der Waals surface area contributed by atoms with Gasteiger partial charge in [-0.2, -0.15) is 0 Å². The van der Waals surface area contributed by atoms with E-state index >= 15 is 0 Å². The van der Waals surface area contributed by atoms with Crippen molar-refractivity contribution in [3.63, 3.8) is 0 Å². The number of carbonyl (C=O) groups is 3. The highest BCUT2D eigenvalue weighted by Crippen LogP contribution is 2.65. The maximum atomic E-state index is 14.7. The van der Waals surface area contributed by atoms with E-state index in [1.54, 1.807) is 17.9 Å². The van der Waals surface area contributed by atoms with E-state index in [1.165, 1.54) is 4.90 Å². The molecule has 2 bridgehead atoms. The number of hydrogen-bond acceptors (Lipinski definition) is 8. The molecule has 0 radical (unpaired) electrons. The number of benzene rings is 1. The molecular formula is C31H43N3O7. The molecule has 5 rings (SSSR count). The normalized spacial score (nSPS) is 31.6. The summed E-state index contributed by atoms with van der Waals surface area (Å²) in [5, 5.41) is 10.7. The van der Waals surface area contributed by atoms with E-state index in [-0.39, 0.29) is 25.0 Å². The lowest BCUT2D eigenvalue weighted by Gasteiger charge is -2.40. The van der Waals surface area contributed by atoms with Crippen LogP contribution in [-0.2, 0) is 28.6 Å². The predicted octanol–water partition coefficient (Wildman–Crippen LogP) is 1.78. The molecule has 0 saturated carbocycles. The van der Waals surface area contributed by atoms with Crippen molar-refractivity contribution in [1.82, 2.24) is 14.7 Å². The van der Waals surface area contributed by atoms with Crippen LogP contribution < -0.4 is 0 Å². The molecule has 2 unspecified atom stereocenters. The fourth-order valence-corrected chi connectivity index (χ4v) is 7.60. The molecule has 1 aromatic carbocycles. The van der Waals surface area contributed by atoms with E-state index in [4.69, 9.17) is 14.2 Å². The molecule has 224 valence electrons. The van der Waals surface area contributed by atoms with E-state index in [2.05, 4.69) is 11.5 Å². The first kappa shape index (κ1) is 29.7. The van der Waals surface area contributed by atoms with Crippen LogP contribution in [0.15, 0.2) is 43.0 Å². The number of esters is 1. The van der Waals surface area contributed by atoms with Gasteiger partial charge < -0.3 is 29.1 Å². The molecule has 10 heteroatoms. The van der Waals surface area contributed by atoms with Crippen LogP contribution in [0.3, 0.4) is 0 Å². The van der Waals surface area contributed by atoms with E-state index in [9.17, 15) is 19.5 Å². The van der Waals surface area contributed by atoms with Gasteiger partial charge in [0.1, 0.15) is 17.6 Å². The summed E-state index contributed by atoms with van der Waals surface area (Å²) in [4.78, 5) is 48.2. The standard InChI is InChI=1S/C31H43N3O7/c1-4-14-33(16-15-32-17-19-39-20-18-32)28(37)26-31-13-12-30(5-2,41-31)25(29(38)40-6-3)24(31)27(36)34(26)23(21-35)22-10-8-7-9-11-22/h4,7-11,23-26,35H,1,5-6,12-21H2,2-3H3/t23-,24+,25-,26?,30+,31?/m1/s1. The summed E-state index contributed by atoms with van der Waals surface area (Å²) >= 11 is 0. The third-order valence-electron chi connectivity index (χ3n) is 9.54. The van der Waals surface area contributed by atoms with Gasteiger partial charge in [0.25, 0.3) is 0 Å². The summed E-state index contributed by atoms with van der Waals surface area (Å²) in [6.07, 6.45) is 3.24. The molecule has 4 aliphatic heterocycles. The summed E-state index contributed by atoms with van der Waals surface area (Å²) < 4.78 is 17.8. The number of ether oxygens (including phenoxy) is 3. The van der Waals surface area contributed by atoms with Crippen molar-refractivity contribution in [2.24, 2.45) is 11.8 Å². The van der Waals surface area contributed by atoms with Crippen molar-refractivity contribution < 1.29 is 33.7 Å². The van der Waals surface area contributed by atoms with Gasteiger partial charge in [0.2, 0.25) is 11.8 Å². The number of aliphatic hydroxyl groups excluding tert-OH is 1. The largest absolute Gasteiger partial charge is 0.466 e. The highest BCUT2D eigenvalue weighted by Gasteiger charge is 2.79. The van der Waals surface area contributed by atoms with E-state index in [1.807, 2.05) is 37.3 Å². The van der Waals surface area contributed by atoms with Crippen molar-refractivity contribution in [2.45, 2.75) is 56.4 Å². The number of fused-ring (bicyclic) bond motifs is 1. The topological polar surface area (TPSA) is 109 Å². The molecular weight excluding hydrogens is 526 g/mol. The summed E-state index contributed by atoms with van der Waals surface area (Å²) in [5.74, 6) is -2.74. The SMILES string of the molecule is C=CCN(CCN1CCOCC1)C(=O)C1N([C@H](CO)c2ccccc2)C(=O)[C@@H]2[C@H](C(=O)OCC)[C@]3(CC)CCC12O3. The molecule has 4 saturated heterocycles. The maximum absolute atomic E-state index is 14.7. The summed E-state index contributed by atoms with van der Waals surface area (Å²) in [6, 6.07) is 7.46. The minimum atomic E-state index is -1.19. The lowest BCUT2D eigenvalue weighted by Crippen LogP contribution is -2.58. The van der Waals surface area contributed by atoms with Crippen LogP contribution in [0, 0.1) is 11.8 Å². The van der Waals surface area contributed by atoms with Crippen molar-refractivity contribution in [3.8, 4) is 0 Å². The minimum Gasteiger partial charge on any atom is -0.466 e. The van der Waals surface area contributed by atoms with Gasteiger partial charge in [-0.05, 0) is 31.7 Å². The van der Waals surface area contributed by atoms with Gasteiger partial charge in [0, 0.05) is 32.7 Å². The molecule has 1 spiro atoms. The first-order valence-corrected chi connectivity index (χ1v) is 14.9. The van der Waals surface area contributed by atoms with Crippen LogP contribution in [0.2, 0.25) is 0 Å². The van der Waals surface area contributed by atoms with Crippen LogP contribution >= 0.6 is 0 Å². The molecule has 41 heavy (non-hydrogen) atoms. The van der Waals surface area contributed by atoms with Crippen LogP contribution in [0.25, 0.3) is 0 Å². The molecule has 0 aromatic heterocycles. The average Bonchev–Trinajstić information content (AvgIpc) is 3.60. The summed E-state index contributed by atoms with van der Waals surface area (Å²) in [5.41, 5.74) is -1.34. The third-order valence-corrected chi connectivity index (χ3v) is 9.54. The number of rotatable bonds is 12. The molecule has 1 N–H and O–H groups in total. The second-order valence-corrected chi connectivity index (χ2v) is 11.5. The Morgan fingerprint density at radius 1 is 1.22 bits per heavy atom. The Morgan fingerprint density at radius 2 is 1.95 bits per heavy atom. The molecule has 6 atom stereocenters. The number of nitrogens with zero attached hydrogens (tertiary/aromatic N) is 3. The van der Waals surface area contributed by atoms with Crippen molar-refractivity contribution in [1.29, 1.82) is 0 Å². The monoisotopic (exact) mass is 569 g/mol. The zero-order chi connectivity index (χ0) is 29.2. The molecule has 2 amide bonds. The molecule has 10 nitrogen and oxygen atoms in total. The maximum Gasteiger partial charge on any atom is 0.312 e. The zero-order valence-electron chi connectivity index (χ0n) is 24.2. The van der Waals surface area contributed by atoms with Gasteiger partial charge in [0.05, 0.1) is 44.0 Å². The number of aliphatic hydroxyl groups is 1. The van der Waals surface area contributed by atoms with Gasteiger partial charge in [-0.3, -0.25) is 19.3 Å². The lowest BCUT2D eigenvalue weighted by molar-refractivity contribution is -0.163. The highest BCUT2D eigenvalue weighted by atomic mass is 16.6. The molecule has 4 fully saturated rings. The van der Waals surface area contributed by atoms with Crippen LogP contribution in [-0.4, -0.2) is 114 Å². The lowest BCUT2D eigenvalue weighted by atomic mass is 9.65. The highest BCUT2D eigenvalue weighted by molar-refractivity contribution is 5.99. The fourth-order valence-electron chi connectivity index (χ4n) is 7.60. The zero-order valence-corrected chi connectivity index (χ0v) is 24.2. The van der Waals surface area contributed by atoms with E-state index in [0.717, 1.165) is 13.1 Å². The van der Waals surface area contributed by atoms with Gasteiger partial charge in [0.15, 0.2) is 0 Å². The Morgan fingerprint density at radius 3 is 2.59 bits per heavy atom. The third kappa shape index (κ3) is 4.98. The smallest absolute Gasteiger partial charge is 0.312 e. The van der Waals surface area contributed by atoms with Crippen molar-refractivity contribution >= 4 is 17.8 Å². The first-order chi connectivity index (χ1) is 19.9. The Labute approximate surface area is 242 Å².